The lowest BCUT2D eigenvalue weighted by Crippen LogP contribution is -2.29. The van der Waals surface area contributed by atoms with Crippen molar-refractivity contribution in [3.63, 3.8) is 0 Å². The van der Waals surface area contributed by atoms with E-state index in [9.17, 15) is 55.5 Å². The molecule has 1 aliphatic carbocycles. The van der Waals surface area contributed by atoms with Gasteiger partial charge in [0.2, 0.25) is 11.2 Å². The molecule has 4 aromatic carbocycles. The highest BCUT2D eigenvalue weighted by atomic mass is 16.4. The summed E-state index contributed by atoms with van der Waals surface area (Å²) in [6.07, 6.45) is 3.77. The normalized spacial score (nSPS) is 17.1. The van der Waals surface area contributed by atoms with Crippen LogP contribution in [0.5, 0.6) is 51.7 Å². The van der Waals surface area contributed by atoms with Crippen LogP contribution in [0, 0.1) is 11.8 Å². The molecule has 9 N–H and O–H groups in total. The Morgan fingerprint density at radius 1 is 0.788 bits per heavy atom. The van der Waals surface area contributed by atoms with E-state index in [0.29, 0.717) is 0 Å². The summed E-state index contributed by atoms with van der Waals surface area (Å²) in [5.41, 5.74) is -0.841. The molecule has 1 aliphatic rings. The first-order valence-electron chi connectivity index (χ1n) is 16.3. The van der Waals surface area contributed by atoms with Gasteiger partial charge in [-0.2, -0.15) is 0 Å². The van der Waals surface area contributed by atoms with Crippen molar-refractivity contribution in [2.45, 2.75) is 39.5 Å². The largest absolute Gasteiger partial charge is 0.508 e. The molecule has 0 aliphatic heterocycles. The highest BCUT2D eigenvalue weighted by Gasteiger charge is 2.42. The summed E-state index contributed by atoms with van der Waals surface area (Å²) in [4.78, 5) is 28.0. The number of fused-ring (bicyclic) bond motifs is 1. The molecule has 5 aromatic rings. The Balaban J connectivity index is 1.60. The molecular formula is C40H36O12. The highest BCUT2D eigenvalue weighted by Crippen LogP contribution is 2.54. The van der Waals surface area contributed by atoms with E-state index in [1.165, 1.54) is 24.3 Å². The zero-order valence-corrected chi connectivity index (χ0v) is 28.2. The molecule has 52 heavy (non-hydrogen) atoms. The maximum Gasteiger partial charge on any atom is 0.238 e. The SMILES string of the molecule is CC(C)=CCc1c(O)ccc(C(=O)C2C(c3c(O)ccc(-c4oc5cc(O)cc(O)c5c(=O)c4O)c3O)=CC(C)CC2c2ccc(O)cc2O)c1O. The van der Waals surface area contributed by atoms with Gasteiger partial charge in [-0.1, -0.05) is 30.7 Å². The Morgan fingerprint density at radius 3 is 2.17 bits per heavy atom. The van der Waals surface area contributed by atoms with Crippen LogP contribution in [0.4, 0.5) is 0 Å². The van der Waals surface area contributed by atoms with Gasteiger partial charge in [-0.15, -0.1) is 0 Å². The first kappa shape index (κ1) is 35.3. The molecule has 0 radical (unpaired) electrons. The first-order valence-corrected chi connectivity index (χ1v) is 16.3. The van der Waals surface area contributed by atoms with Crippen molar-refractivity contribution in [1.29, 1.82) is 0 Å². The number of Topliss-reactive ketones (excluding diaryl/α,β-unsaturated/α-hetero) is 1. The molecule has 0 amide bonds. The van der Waals surface area contributed by atoms with Crippen molar-refractivity contribution in [3.05, 3.63) is 105 Å². The summed E-state index contributed by atoms with van der Waals surface area (Å²) < 4.78 is 5.73. The molecular weight excluding hydrogens is 672 g/mol. The highest BCUT2D eigenvalue weighted by molar-refractivity contribution is 6.09. The molecule has 0 saturated heterocycles. The fourth-order valence-electron chi connectivity index (χ4n) is 6.95. The number of aromatic hydroxyl groups is 9. The third-order valence-corrected chi connectivity index (χ3v) is 9.39. The molecule has 6 rings (SSSR count). The van der Waals surface area contributed by atoms with Crippen molar-refractivity contribution < 1.29 is 55.2 Å². The summed E-state index contributed by atoms with van der Waals surface area (Å²) in [7, 11) is 0. The van der Waals surface area contributed by atoms with Crippen molar-refractivity contribution in [2.75, 3.05) is 0 Å². The number of carbonyl (C=O) groups is 1. The van der Waals surface area contributed by atoms with Crippen LogP contribution in [0.2, 0.25) is 0 Å². The fourth-order valence-corrected chi connectivity index (χ4v) is 6.95. The number of hydrogen-bond acceptors (Lipinski definition) is 12. The second kappa shape index (κ2) is 13.3. The van der Waals surface area contributed by atoms with Gasteiger partial charge in [0.15, 0.2) is 11.5 Å². The maximum atomic E-state index is 14.8. The number of rotatable bonds is 7. The third-order valence-electron chi connectivity index (χ3n) is 9.39. The summed E-state index contributed by atoms with van der Waals surface area (Å²) >= 11 is 0. The Kier molecular flexibility index (Phi) is 9.01. The van der Waals surface area contributed by atoms with Crippen molar-refractivity contribution in [1.82, 2.24) is 0 Å². The van der Waals surface area contributed by atoms with Gasteiger partial charge in [0.1, 0.15) is 57.0 Å². The molecule has 0 saturated carbocycles. The Morgan fingerprint density at radius 2 is 1.48 bits per heavy atom. The van der Waals surface area contributed by atoms with Gasteiger partial charge in [-0.3, -0.25) is 9.59 Å². The number of benzene rings is 4. The smallest absolute Gasteiger partial charge is 0.238 e. The van der Waals surface area contributed by atoms with Crippen LogP contribution in [0.25, 0.3) is 27.9 Å². The number of phenolic OH excluding ortho intramolecular Hbond substituents is 8. The molecule has 268 valence electrons. The van der Waals surface area contributed by atoms with E-state index >= 15 is 0 Å². The Hall–Kier alpha value is -6.56. The average molecular weight is 709 g/mol. The number of allylic oxidation sites excluding steroid dienone is 4. The van der Waals surface area contributed by atoms with E-state index in [2.05, 4.69) is 0 Å². The van der Waals surface area contributed by atoms with Crippen LogP contribution >= 0.6 is 0 Å². The molecule has 0 fully saturated rings. The van der Waals surface area contributed by atoms with E-state index in [1.54, 1.807) is 12.2 Å². The minimum absolute atomic E-state index is 0.0642. The summed E-state index contributed by atoms with van der Waals surface area (Å²) in [5, 5.41) is 97.1. The van der Waals surface area contributed by atoms with E-state index < -0.39 is 68.7 Å². The fraction of sp³-hybridized carbons (Fsp3) is 0.200. The first-order chi connectivity index (χ1) is 24.6. The molecule has 3 atom stereocenters. The van der Waals surface area contributed by atoms with E-state index in [-0.39, 0.29) is 75.0 Å². The molecule has 12 nitrogen and oxygen atoms in total. The number of carbonyl (C=O) groups excluding carboxylic acids is 1. The Labute approximate surface area is 296 Å². The van der Waals surface area contributed by atoms with Crippen LogP contribution in [0.3, 0.4) is 0 Å². The van der Waals surface area contributed by atoms with Gasteiger partial charge in [0.25, 0.3) is 0 Å². The maximum absolute atomic E-state index is 14.8. The zero-order chi connectivity index (χ0) is 37.8. The molecule has 3 unspecified atom stereocenters. The topological polar surface area (TPSA) is 229 Å². The lowest BCUT2D eigenvalue weighted by atomic mass is 9.66. The van der Waals surface area contributed by atoms with Crippen molar-refractivity contribution in [3.8, 4) is 63.1 Å². The van der Waals surface area contributed by atoms with E-state index in [4.69, 9.17) is 4.42 Å². The Bertz CT molecular complexity index is 2400. The third kappa shape index (κ3) is 6.08. The number of hydrogen-bond donors (Lipinski definition) is 9. The zero-order valence-electron chi connectivity index (χ0n) is 28.2. The molecule has 12 heteroatoms. The summed E-state index contributed by atoms with van der Waals surface area (Å²) in [5.74, 6) is -8.40. The molecule has 1 heterocycles. The molecule has 1 aromatic heterocycles. The predicted molar refractivity (Wildman–Crippen MR) is 191 cm³/mol. The second-order valence-corrected chi connectivity index (χ2v) is 13.3. The van der Waals surface area contributed by atoms with Crippen LogP contribution in [-0.4, -0.2) is 51.7 Å². The second-order valence-electron chi connectivity index (χ2n) is 13.3. The van der Waals surface area contributed by atoms with Crippen molar-refractivity contribution >= 4 is 22.3 Å². The number of phenols is 8. The quantitative estimate of drug-likeness (QED) is 0.0613. The summed E-state index contributed by atoms with van der Waals surface area (Å²) in [6.45, 7) is 5.48. The lowest BCUT2D eigenvalue weighted by molar-refractivity contribution is 0.0924. The molecule has 0 spiro atoms. The van der Waals surface area contributed by atoms with Crippen LogP contribution in [0.1, 0.15) is 60.2 Å². The summed E-state index contributed by atoms with van der Waals surface area (Å²) in [6, 6.07) is 10.7. The van der Waals surface area contributed by atoms with Gasteiger partial charge in [-0.25, -0.2) is 0 Å². The van der Waals surface area contributed by atoms with Gasteiger partial charge in [0, 0.05) is 29.7 Å². The van der Waals surface area contributed by atoms with Crippen LogP contribution < -0.4 is 5.43 Å². The monoisotopic (exact) mass is 708 g/mol. The lowest BCUT2D eigenvalue weighted by Gasteiger charge is -2.36. The minimum atomic E-state index is -1.32. The van der Waals surface area contributed by atoms with Gasteiger partial charge in [-0.05, 0) is 74.1 Å². The van der Waals surface area contributed by atoms with Crippen LogP contribution in [-0.2, 0) is 6.42 Å². The minimum Gasteiger partial charge on any atom is -0.508 e. The van der Waals surface area contributed by atoms with Gasteiger partial charge < -0.3 is 50.4 Å². The van der Waals surface area contributed by atoms with Crippen LogP contribution in [0.15, 0.2) is 81.5 Å². The predicted octanol–water partition coefficient (Wildman–Crippen LogP) is 7.03. The van der Waals surface area contributed by atoms with E-state index in [0.717, 1.165) is 35.9 Å². The van der Waals surface area contributed by atoms with E-state index in [1.807, 2.05) is 20.8 Å². The van der Waals surface area contributed by atoms with Crippen molar-refractivity contribution in [2.24, 2.45) is 11.8 Å². The molecule has 0 bridgehead atoms. The average Bonchev–Trinajstić information content (AvgIpc) is 3.05. The number of ketones is 1. The van der Waals surface area contributed by atoms with Gasteiger partial charge in [0.05, 0.1) is 22.6 Å². The van der Waals surface area contributed by atoms with Gasteiger partial charge >= 0.3 is 0 Å². The standard InChI is InChI=1S/C40H36O12/c1-17(2)4-6-22-27(43)10-8-23(35(22)47)36(48)32-25(21-7-5-19(41)14-29(21)45)12-18(3)13-26(32)33-28(44)11-9-24(37(33)49)40-39(51)38(50)34-30(46)15-20(42)16-31(34)52-40/h4-5,7-11,13-16,18,25,32,41-47,49,51H,6,12H2,1-3H3.